The van der Waals surface area contributed by atoms with Crippen LogP contribution < -0.4 is 10.6 Å². The van der Waals surface area contributed by atoms with Crippen molar-refractivity contribution in [2.75, 3.05) is 6.54 Å². The third-order valence-electron chi connectivity index (χ3n) is 3.60. The van der Waals surface area contributed by atoms with E-state index in [0.29, 0.717) is 6.42 Å². The molecule has 1 aromatic heterocycles. The van der Waals surface area contributed by atoms with Crippen LogP contribution in [0.25, 0.3) is 0 Å². The Balaban J connectivity index is 2.06. The Morgan fingerprint density at radius 3 is 2.48 bits per heavy atom. The van der Waals surface area contributed by atoms with Crippen LogP contribution in [0.5, 0.6) is 0 Å². The van der Waals surface area contributed by atoms with Crippen LogP contribution in [-0.2, 0) is 16.0 Å². The lowest BCUT2D eigenvalue weighted by molar-refractivity contribution is -0.126. The lowest BCUT2D eigenvalue weighted by Gasteiger charge is -2.19. The molecule has 0 aliphatic rings. The summed E-state index contributed by atoms with van der Waals surface area (Å²) in [4.78, 5) is 24.6. The van der Waals surface area contributed by atoms with Crippen LogP contribution in [0.1, 0.15) is 35.4 Å². The number of carbonyl (C=O) groups excluding carboxylic acids is 2. The van der Waals surface area contributed by atoms with E-state index in [0.717, 1.165) is 11.3 Å². The average Bonchev–Trinajstić information content (AvgIpc) is 2.99. The van der Waals surface area contributed by atoms with E-state index < -0.39 is 0 Å². The third kappa shape index (κ3) is 5.21. The lowest BCUT2D eigenvalue weighted by atomic mass is 10.0. The average molecular weight is 330 g/mol. The summed E-state index contributed by atoms with van der Waals surface area (Å²) in [5, 5.41) is 7.69. The van der Waals surface area contributed by atoms with E-state index in [4.69, 9.17) is 0 Å². The lowest BCUT2D eigenvalue weighted by Crippen LogP contribution is -2.39. The van der Waals surface area contributed by atoms with E-state index >= 15 is 0 Å². The standard InChI is InChI=1S/C18H22N2O2S/c1-3-16(21)19-12-17(22)20-15(18-13(2)9-10-23-18)11-14-7-5-4-6-8-14/h4-10,15H,3,11-12H2,1-2H3,(H,19,21)(H,20,22)/t15-/m1/s1. The molecule has 2 amide bonds. The fraction of sp³-hybridized carbons (Fsp3) is 0.333. The second-order valence-corrected chi connectivity index (χ2v) is 6.36. The van der Waals surface area contributed by atoms with Crippen LogP contribution >= 0.6 is 11.3 Å². The molecule has 0 aliphatic heterocycles. The van der Waals surface area contributed by atoms with E-state index in [-0.39, 0.29) is 24.4 Å². The second kappa shape index (κ2) is 8.48. The van der Waals surface area contributed by atoms with Gasteiger partial charge in [0.05, 0.1) is 12.6 Å². The number of nitrogens with one attached hydrogen (secondary N) is 2. The fourth-order valence-electron chi connectivity index (χ4n) is 2.35. The van der Waals surface area contributed by atoms with Crippen LogP contribution in [0.4, 0.5) is 0 Å². The first kappa shape index (κ1) is 17.2. The molecule has 1 aromatic carbocycles. The largest absolute Gasteiger partial charge is 0.347 e. The highest BCUT2D eigenvalue weighted by Gasteiger charge is 2.18. The molecule has 23 heavy (non-hydrogen) atoms. The molecule has 1 atom stereocenters. The zero-order valence-corrected chi connectivity index (χ0v) is 14.3. The van der Waals surface area contributed by atoms with Gasteiger partial charge in [0, 0.05) is 11.3 Å². The minimum Gasteiger partial charge on any atom is -0.347 e. The van der Waals surface area contributed by atoms with Gasteiger partial charge in [0.1, 0.15) is 0 Å². The molecular weight excluding hydrogens is 308 g/mol. The van der Waals surface area contributed by atoms with Gasteiger partial charge in [-0.05, 0) is 35.9 Å². The maximum atomic E-state index is 12.1. The third-order valence-corrected chi connectivity index (χ3v) is 4.74. The summed E-state index contributed by atoms with van der Waals surface area (Å²) in [6.45, 7) is 3.83. The summed E-state index contributed by atoms with van der Waals surface area (Å²) >= 11 is 1.65. The number of hydrogen-bond acceptors (Lipinski definition) is 3. The van der Waals surface area contributed by atoms with Crippen LogP contribution in [0.15, 0.2) is 41.8 Å². The van der Waals surface area contributed by atoms with Crippen molar-refractivity contribution in [3.63, 3.8) is 0 Å². The highest BCUT2D eigenvalue weighted by atomic mass is 32.1. The normalized spacial score (nSPS) is 11.7. The van der Waals surface area contributed by atoms with Gasteiger partial charge < -0.3 is 10.6 Å². The van der Waals surface area contributed by atoms with Crippen molar-refractivity contribution in [2.45, 2.75) is 32.7 Å². The molecule has 0 spiro atoms. The quantitative estimate of drug-likeness (QED) is 0.820. The molecule has 1 heterocycles. The van der Waals surface area contributed by atoms with Gasteiger partial charge in [0.15, 0.2) is 0 Å². The van der Waals surface area contributed by atoms with Gasteiger partial charge in [-0.3, -0.25) is 9.59 Å². The van der Waals surface area contributed by atoms with Gasteiger partial charge >= 0.3 is 0 Å². The zero-order valence-electron chi connectivity index (χ0n) is 13.5. The number of thiophene rings is 1. The number of rotatable bonds is 7. The fourth-order valence-corrected chi connectivity index (χ4v) is 3.33. The van der Waals surface area contributed by atoms with Crippen LogP contribution in [0.2, 0.25) is 0 Å². The van der Waals surface area contributed by atoms with E-state index in [9.17, 15) is 9.59 Å². The van der Waals surface area contributed by atoms with Crippen molar-refractivity contribution >= 4 is 23.2 Å². The number of hydrogen-bond donors (Lipinski definition) is 2. The Morgan fingerprint density at radius 2 is 1.87 bits per heavy atom. The van der Waals surface area contributed by atoms with E-state index in [1.54, 1.807) is 18.3 Å². The molecular formula is C18H22N2O2S. The van der Waals surface area contributed by atoms with Crippen molar-refractivity contribution in [1.29, 1.82) is 0 Å². The SMILES string of the molecule is CCC(=O)NCC(=O)N[C@H](Cc1ccccc1)c1sccc1C. The van der Waals surface area contributed by atoms with Gasteiger partial charge in [-0.25, -0.2) is 0 Å². The summed E-state index contributed by atoms with van der Waals surface area (Å²) in [7, 11) is 0. The molecule has 0 saturated heterocycles. The molecule has 0 unspecified atom stereocenters. The molecule has 2 rings (SSSR count). The number of aryl methyl sites for hydroxylation is 1. The molecule has 0 aliphatic carbocycles. The first-order valence-corrected chi connectivity index (χ1v) is 8.62. The van der Waals surface area contributed by atoms with E-state index in [1.807, 2.05) is 23.6 Å². The maximum absolute atomic E-state index is 12.1. The molecule has 0 fully saturated rings. The monoisotopic (exact) mass is 330 g/mol. The Bertz CT molecular complexity index is 652. The Morgan fingerprint density at radius 1 is 1.13 bits per heavy atom. The zero-order chi connectivity index (χ0) is 16.7. The summed E-state index contributed by atoms with van der Waals surface area (Å²) in [5.74, 6) is -0.285. The predicted molar refractivity (Wildman–Crippen MR) is 93.4 cm³/mol. The molecule has 2 N–H and O–H groups in total. The summed E-state index contributed by atoms with van der Waals surface area (Å²) in [6, 6.07) is 12.1. The predicted octanol–water partition coefficient (Wildman–Crippen LogP) is 2.98. The van der Waals surface area contributed by atoms with Crippen LogP contribution in [-0.4, -0.2) is 18.4 Å². The van der Waals surface area contributed by atoms with Gasteiger partial charge in [-0.2, -0.15) is 0 Å². The van der Waals surface area contributed by atoms with Crippen molar-refractivity contribution in [3.8, 4) is 0 Å². The van der Waals surface area contributed by atoms with E-state index in [1.165, 1.54) is 11.1 Å². The summed E-state index contributed by atoms with van der Waals surface area (Å²) < 4.78 is 0. The van der Waals surface area contributed by atoms with Crippen molar-refractivity contribution in [2.24, 2.45) is 0 Å². The number of carbonyl (C=O) groups is 2. The van der Waals surface area contributed by atoms with Crippen LogP contribution in [0.3, 0.4) is 0 Å². The van der Waals surface area contributed by atoms with Gasteiger partial charge in [0.25, 0.3) is 0 Å². The van der Waals surface area contributed by atoms with Crippen molar-refractivity contribution in [1.82, 2.24) is 10.6 Å². The smallest absolute Gasteiger partial charge is 0.239 e. The summed E-state index contributed by atoms with van der Waals surface area (Å²) in [5.41, 5.74) is 2.34. The van der Waals surface area contributed by atoms with E-state index in [2.05, 4.69) is 35.8 Å². The Kier molecular flexibility index (Phi) is 6.35. The summed E-state index contributed by atoms with van der Waals surface area (Å²) in [6.07, 6.45) is 1.11. The minimum atomic E-state index is -0.166. The highest BCUT2D eigenvalue weighted by Crippen LogP contribution is 2.26. The highest BCUT2D eigenvalue weighted by molar-refractivity contribution is 7.10. The first-order valence-electron chi connectivity index (χ1n) is 7.74. The van der Waals surface area contributed by atoms with Gasteiger partial charge in [-0.1, -0.05) is 37.3 Å². The number of benzene rings is 1. The van der Waals surface area contributed by atoms with Crippen molar-refractivity contribution < 1.29 is 9.59 Å². The second-order valence-electron chi connectivity index (χ2n) is 5.41. The molecule has 5 heteroatoms. The van der Waals surface area contributed by atoms with Gasteiger partial charge in [-0.15, -0.1) is 11.3 Å². The maximum Gasteiger partial charge on any atom is 0.239 e. The van der Waals surface area contributed by atoms with Gasteiger partial charge in [0.2, 0.25) is 11.8 Å². The molecule has 0 radical (unpaired) electrons. The molecule has 4 nitrogen and oxygen atoms in total. The van der Waals surface area contributed by atoms with Crippen molar-refractivity contribution in [3.05, 3.63) is 57.8 Å². The Labute approximate surface area is 140 Å². The minimum absolute atomic E-state index is 0.0163. The molecule has 122 valence electrons. The topological polar surface area (TPSA) is 58.2 Å². The Hall–Kier alpha value is -2.14. The molecule has 2 aromatic rings. The molecule has 0 bridgehead atoms. The molecule has 0 saturated carbocycles. The number of amides is 2. The van der Waals surface area contributed by atoms with Crippen LogP contribution in [0, 0.1) is 6.92 Å². The first-order chi connectivity index (χ1) is 11.1.